The summed E-state index contributed by atoms with van der Waals surface area (Å²) in [6.07, 6.45) is 6.07. The molecule has 0 unspecified atom stereocenters. The maximum Gasteiger partial charge on any atom is 0.262 e. The molecule has 22 heavy (non-hydrogen) atoms. The topological polar surface area (TPSA) is 68.3 Å². The van der Waals surface area contributed by atoms with Gasteiger partial charge in [0.2, 0.25) is 0 Å². The minimum Gasteiger partial charge on any atom is -0.472 e. The van der Waals surface area contributed by atoms with E-state index < -0.39 is 10.0 Å². The maximum absolute atomic E-state index is 12.8. The van der Waals surface area contributed by atoms with Crippen molar-refractivity contribution in [2.45, 2.75) is 18.1 Å². The fourth-order valence-electron chi connectivity index (χ4n) is 2.04. The van der Waals surface area contributed by atoms with E-state index >= 15 is 0 Å². The Morgan fingerprint density at radius 3 is 2.82 bits per heavy atom. The fourth-order valence-corrected chi connectivity index (χ4v) is 4.22. The molecule has 3 rings (SSSR count). The standard InChI is InChI=1S/C14H15N3O3S2/c1-16-9-14(15-11-16)22(18,19)17(7-12-4-5-20-10-12)8-13-3-2-6-21-13/h2-6,9-11H,7-8H2,1H3. The zero-order valence-electron chi connectivity index (χ0n) is 11.9. The van der Waals surface area contributed by atoms with Gasteiger partial charge in [-0.05, 0) is 17.5 Å². The van der Waals surface area contributed by atoms with Crippen molar-refractivity contribution in [1.82, 2.24) is 13.9 Å². The Bertz CT molecular complexity index is 784. The van der Waals surface area contributed by atoms with Crippen LogP contribution in [0, 0.1) is 0 Å². The second-order valence-electron chi connectivity index (χ2n) is 4.86. The Labute approximate surface area is 132 Å². The third-order valence-electron chi connectivity index (χ3n) is 3.14. The zero-order chi connectivity index (χ0) is 15.6. The molecule has 0 fully saturated rings. The van der Waals surface area contributed by atoms with Gasteiger partial charge in [0.05, 0.1) is 18.9 Å². The van der Waals surface area contributed by atoms with Crippen LogP contribution in [0.2, 0.25) is 0 Å². The average Bonchev–Trinajstić information content (AvgIpc) is 3.19. The first kappa shape index (κ1) is 15.0. The lowest BCUT2D eigenvalue weighted by atomic mass is 10.3. The molecule has 0 aromatic carbocycles. The summed E-state index contributed by atoms with van der Waals surface area (Å²) < 4.78 is 33.7. The van der Waals surface area contributed by atoms with Gasteiger partial charge < -0.3 is 8.98 Å². The van der Waals surface area contributed by atoms with Crippen molar-refractivity contribution >= 4 is 21.4 Å². The monoisotopic (exact) mass is 337 g/mol. The highest BCUT2D eigenvalue weighted by Gasteiger charge is 2.27. The Hall–Kier alpha value is -1.90. The number of aromatic nitrogens is 2. The lowest BCUT2D eigenvalue weighted by molar-refractivity contribution is 0.400. The molecule has 0 N–H and O–H groups in total. The van der Waals surface area contributed by atoms with Crippen LogP contribution in [0.3, 0.4) is 0 Å². The van der Waals surface area contributed by atoms with Gasteiger partial charge in [-0.1, -0.05) is 6.07 Å². The lowest BCUT2D eigenvalue weighted by Gasteiger charge is -2.19. The van der Waals surface area contributed by atoms with Gasteiger partial charge in [0.25, 0.3) is 10.0 Å². The number of thiophene rings is 1. The van der Waals surface area contributed by atoms with Gasteiger partial charge in [-0.3, -0.25) is 0 Å². The van der Waals surface area contributed by atoms with E-state index in [1.807, 2.05) is 17.5 Å². The summed E-state index contributed by atoms with van der Waals surface area (Å²) in [6, 6.07) is 5.58. The molecule has 3 heterocycles. The lowest BCUT2D eigenvalue weighted by Crippen LogP contribution is -2.30. The van der Waals surface area contributed by atoms with E-state index in [4.69, 9.17) is 4.42 Å². The summed E-state index contributed by atoms with van der Waals surface area (Å²) in [6.45, 7) is 0.551. The van der Waals surface area contributed by atoms with Crippen molar-refractivity contribution in [1.29, 1.82) is 0 Å². The average molecular weight is 337 g/mol. The fraction of sp³-hybridized carbons (Fsp3) is 0.214. The molecule has 3 aromatic heterocycles. The molecule has 0 aliphatic heterocycles. The number of hydrogen-bond donors (Lipinski definition) is 0. The first-order chi connectivity index (χ1) is 10.6. The van der Waals surface area contributed by atoms with Crippen LogP contribution in [0.15, 0.2) is 58.1 Å². The molecule has 3 aromatic rings. The van der Waals surface area contributed by atoms with Crippen LogP contribution >= 0.6 is 11.3 Å². The molecular formula is C14H15N3O3S2. The zero-order valence-corrected chi connectivity index (χ0v) is 13.5. The van der Waals surface area contributed by atoms with Crippen LogP contribution in [-0.2, 0) is 30.2 Å². The molecule has 0 aliphatic rings. The van der Waals surface area contributed by atoms with E-state index in [-0.39, 0.29) is 11.6 Å². The van der Waals surface area contributed by atoms with Crippen LogP contribution in [0.1, 0.15) is 10.4 Å². The first-order valence-corrected chi connectivity index (χ1v) is 8.89. The van der Waals surface area contributed by atoms with Crippen molar-refractivity contribution in [3.05, 3.63) is 59.1 Å². The van der Waals surface area contributed by atoms with Gasteiger partial charge in [0.15, 0.2) is 5.03 Å². The van der Waals surface area contributed by atoms with Crippen LogP contribution in [0.4, 0.5) is 0 Å². The summed E-state index contributed by atoms with van der Waals surface area (Å²) in [7, 11) is -1.92. The molecular weight excluding hydrogens is 322 g/mol. The third-order valence-corrected chi connectivity index (χ3v) is 5.68. The molecule has 0 amide bonds. The van der Waals surface area contributed by atoms with Crippen LogP contribution in [0.25, 0.3) is 0 Å². The second kappa shape index (κ2) is 6.07. The minimum atomic E-state index is -3.67. The summed E-state index contributed by atoms with van der Waals surface area (Å²) in [5.74, 6) is 0. The van der Waals surface area contributed by atoms with Gasteiger partial charge in [0, 0.05) is 36.8 Å². The van der Waals surface area contributed by atoms with Crippen molar-refractivity contribution in [2.24, 2.45) is 7.05 Å². The van der Waals surface area contributed by atoms with E-state index in [0.29, 0.717) is 6.54 Å². The van der Waals surface area contributed by atoms with Crippen LogP contribution in [0.5, 0.6) is 0 Å². The van der Waals surface area contributed by atoms with Gasteiger partial charge >= 0.3 is 0 Å². The van der Waals surface area contributed by atoms with Crippen molar-refractivity contribution < 1.29 is 12.8 Å². The highest BCUT2D eigenvalue weighted by Crippen LogP contribution is 2.21. The predicted octanol–water partition coefficient (Wildman–Crippen LogP) is 2.47. The molecule has 116 valence electrons. The Balaban J connectivity index is 1.93. The maximum atomic E-state index is 12.8. The number of aryl methyl sites for hydroxylation is 1. The molecule has 8 heteroatoms. The summed E-state index contributed by atoms with van der Waals surface area (Å²) in [4.78, 5) is 4.96. The number of hydrogen-bond acceptors (Lipinski definition) is 5. The number of imidazole rings is 1. The molecule has 0 saturated heterocycles. The SMILES string of the molecule is Cn1cnc(S(=O)(=O)N(Cc2ccoc2)Cc2cccs2)c1. The minimum absolute atomic E-state index is 0.0510. The Morgan fingerprint density at radius 1 is 1.36 bits per heavy atom. The molecule has 0 bridgehead atoms. The second-order valence-corrected chi connectivity index (χ2v) is 7.78. The van der Waals surface area contributed by atoms with E-state index in [9.17, 15) is 8.42 Å². The Morgan fingerprint density at radius 2 is 2.23 bits per heavy atom. The van der Waals surface area contributed by atoms with Gasteiger partial charge in [-0.25, -0.2) is 13.4 Å². The molecule has 0 saturated carbocycles. The smallest absolute Gasteiger partial charge is 0.262 e. The van der Waals surface area contributed by atoms with E-state index in [1.54, 1.807) is 23.9 Å². The van der Waals surface area contributed by atoms with Crippen LogP contribution in [-0.4, -0.2) is 22.3 Å². The quantitative estimate of drug-likeness (QED) is 0.693. The summed E-state index contributed by atoms with van der Waals surface area (Å²) in [5, 5.41) is 1.98. The predicted molar refractivity (Wildman–Crippen MR) is 82.7 cm³/mol. The highest BCUT2D eigenvalue weighted by molar-refractivity contribution is 7.89. The van der Waals surface area contributed by atoms with Crippen LogP contribution < -0.4 is 0 Å². The van der Waals surface area contributed by atoms with E-state index in [1.165, 1.54) is 34.4 Å². The normalized spacial score (nSPS) is 12.1. The summed E-state index contributed by atoms with van der Waals surface area (Å²) in [5.41, 5.74) is 0.802. The van der Waals surface area contributed by atoms with Gasteiger partial charge in [-0.2, -0.15) is 4.31 Å². The molecule has 0 aliphatic carbocycles. The van der Waals surface area contributed by atoms with Crippen molar-refractivity contribution in [3.63, 3.8) is 0 Å². The highest BCUT2D eigenvalue weighted by atomic mass is 32.2. The van der Waals surface area contributed by atoms with E-state index in [2.05, 4.69) is 4.98 Å². The number of sulfonamides is 1. The van der Waals surface area contributed by atoms with Crippen molar-refractivity contribution in [2.75, 3.05) is 0 Å². The van der Waals surface area contributed by atoms with Crippen molar-refractivity contribution in [3.8, 4) is 0 Å². The molecule has 0 radical (unpaired) electrons. The van der Waals surface area contributed by atoms with E-state index in [0.717, 1.165) is 10.4 Å². The summed E-state index contributed by atoms with van der Waals surface area (Å²) >= 11 is 1.53. The largest absolute Gasteiger partial charge is 0.472 e. The first-order valence-electron chi connectivity index (χ1n) is 6.57. The molecule has 0 spiro atoms. The third kappa shape index (κ3) is 3.13. The number of rotatable bonds is 6. The van der Waals surface area contributed by atoms with Gasteiger partial charge in [-0.15, -0.1) is 11.3 Å². The Kier molecular flexibility index (Phi) is 4.14. The molecule has 0 atom stereocenters. The van der Waals surface area contributed by atoms with Gasteiger partial charge in [0.1, 0.15) is 0 Å². The molecule has 6 nitrogen and oxygen atoms in total. The number of furan rings is 1. The number of nitrogens with zero attached hydrogens (tertiary/aromatic N) is 3.